The third kappa shape index (κ3) is 3.09. The van der Waals surface area contributed by atoms with E-state index in [-0.39, 0.29) is 17.2 Å². The Morgan fingerprint density at radius 1 is 1.20 bits per heavy atom. The van der Waals surface area contributed by atoms with Crippen LogP contribution in [0.2, 0.25) is 0 Å². The minimum absolute atomic E-state index is 0.0101. The highest BCUT2D eigenvalue weighted by atomic mass is 16.5. The summed E-state index contributed by atoms with van der Waals surface area (Å²) in [5.41, 5.74) is 1.59. The zero-order chi connectivity index (χ0) is 14.5. The van der Waals surface area contributed by atoms with Crippen LogP contribution in [0.25, 0.3) is 0 Å². The highest BCUT2D eigenvalue weighted by Gasteiger charge is 2.12. The zero-order valence-electron chi connectivity index (χ0n) is 11.5. The molecule has 2 rings (SSSR count). The molecule has 4 heteroatoms. The molecule has 0 unspecified atom stereocenters. The Labute approximate surface area is 118 Å². The van der Waals surface area contributed by atoms with Crippen LogP contribution < -0.4 is 10.1 Å². The van der Waals surface area contributed by atoms with Gasteiger partial charge in [0, 0.05) is 5.69 Å². The molecule has 0 heterocycles. The van der Waals surface area contributed by atoms with Gasteiger partial charge in [-0.2, -0.15) is 0 Å². The van der Waals surface area contributed by atoms with Gasteiger partial charge < -0.3 is 15.2 Å². The fraction of sp³-hybridized carbons (Fsp3) is 0.188. The number of phenols is 1. The van der Waals surface area contributed by atoms with Crippen molar-refractivity contribution >= 4 is 11.6 Å². The van der Waals surface area contributed by atoms with E-state index in [0.29, 0.717) is 17.9 Å². The molecule has 4 nitrogen and oxygen atoms in total. The Kier molecular flexibility index (Phi) is 4.25. The largest absolute Gasteiger partial charge is 0.507 e. The molecular weight excluding hydrogens is 254 g/mol. The molecule has 0 aliphatic carbocycles. The molecule has 1 amide bonds. The minimum Gasteiger partial charge on any atom is -0.507 e. The van der Waals surface area contributed by atoms with Gasteiger partial charge in [0.25, 0.3) is 5.91 Å². The molecule has 0 saturated heterocycles. The van der Waals surface area contributed by atoms with E-state index in [0.717, 1.165) is 5.75 Å². The van der Waals surface area contributed by atoms with Crippen molar-refractivity contribution < 1.29 is 14.6 Å². The first kappa shape index (κ1) is 13.9. The van der Waals surface area contributed by atoms with Crippen LogP contribution in [0.15, 0.2) is 42.5 Å². The summed E-state index contributed by atoms with van der Waals surface area (Å²) in [6.07, 6.45) is 0. The van der Waals surface area contributed by atoms with Gasteiger partial charge in [0.05, 0.1) is 12.2 Å². The maximum atomic E-state index is 12.1. The van der Waals surface area contributed by atoms with Crippen LogP contribution >= 0.6 is 0 Å². The number of carbonyl (C=O) groups excluding carboxylic acids is 1. The SMILES string of the molecule is CCOc1ccc(NC(=O)c2cccc(C)c2O)cc1. The number of para-hydroxylation sites is 1. The number of carbonyl (C=O) groups is 1. The van der Waals surface area contributed by atoms with Gasteiger partial charge in [-0.1, -0.05) is 12.1 Å². The van der Waals surface area contributed by atoms with Gasteiger partial charge in [-0.05, 0) is 49.7 Å². The Morgan fingerprint density at radius 3 is 2.55 bits per heavy atom. The first-order valence-electron chi connectivity index (χ1n) is 6.44. The smallest absolute Gasteiger partial charge is 0.259 e. The number of amides is 1. The first-order chi connectivity index (χ1) is 9.61. The van der Waals surface area contributed by atoms with Crippen molar-refractivity contribution in [3.63, 3.8) is 0 Å². The lowest BCUT2D eigenvalue weighted by Gasteiger charge is -2.09. The van der Waals surface area contributed by atoms with E-state index in [1.54, 1.807) is 49.4 Å². The average Bonchev–Trinajstić information content (AvgIpc) is 2.44. The van der Waals surface area contributed by atoms with Crippen LogP contribution in [-0.4, -0.2) is 17.6 Å². The first-order valence-corrected chi connectivity index (χ1v) is 6.44. The fourth-order valence-corrected chi connectivity index (χ4v) is 1.84. The lowest BCUT2D eigenvalue weighted by molar-refractivity contribution is 0.102. The van der Waals surface area contributed by atoms with Gasteiger partial charge in [0.1, 0.15) is 11.5 Å². The predicted octanol–water partition coefficient (Wildman–Crippen LogP) is 3.35. The Morgan fingerprint density at radius 2 is 1.90 bits per heavy atom. The summed E-state index contributed by atoms with van der Waals surface area (Å²) in [7, 11) is 0. The average molecular weight is 271 g/mol. The Hall–Kier alpha value is -2.49. The van der Waals surface area contributed by atoms with Gasteiger partial charge in [0.15, 0.2) is 0 Å². The molecule has 0 fully saturated rings. The quantitative estimate of drug-likeness (QED) is 0.896. The molecule has 104 valence electrons. The van der Waals surface area contributed by atoms with E-state index in [4.69, 9.17) is 4.74 Å². The van der Waals surface area contributed by atoms with Crippen LogP contribution in [0, 0.1) is 6.92 Å². The second kappa shape index (κ2) is 6.10. The lowest BCUT2D eigenvalue weighted by atomic mass is 10.1. The molecule has 0 saturated carbocycles. The number of aromatic hydroxyl groups is 1. The Balaban J connectivity index is 2.13. The molecule has 2 aromatic carbocycles. The number of ether oxygens (including phenoxy) is 1. The van der Waals surface area contributed by atoms with Gasteiger partial charge >= 0.3 is 0 Å². The van der Waals surface area contributed by atoms with E-state index in [9.17, 15) is 9.90 Å². The second-order valence-corrected chi connectivity index (χ2v) is 4.38. The number of hydrogen-bond donors (Lipinski definition) is 2. The van der Waals surface area contributed by atoms with Crippen molar-refractivity contribution in [2.24, 2.45) is 0 Å². The number of aryl methyl sites for hydroxylation is 1. The minimum atomic E-state index is -0.338. The molecule has 0 aromatic heterocycles. The molecule has 2 N–H and O–H groups in total. The van der Waals surface area contributed by atoms with Crippen molar-refractivity contribution in [1.29, 1.82) is 0 Å². The molecule has 0 bridgehead atoms. The summed E-state index contributed by atoms with van der Waals surface area (Å²) in [6.45, 7) is 4.27. The van der Waals surface area contributed by atoms with E-state index in [1.165, 1.54) is 0 Å². The number of benzene rings is 2. The monoisotopic (exact) mass is 271 g/mol. The molecular formula is C16H17NO3. The van der Waals surface area contributed by atoms with Crippen LogP contribution in [0.5, 0.6) is 11.5 Å². The molecule has 0 radical (unpaired) electrons. The predicted molar refractivity (Wildman–Crippen MR) is 78.4 cm³/mol. The molecule has 2 aromatic rings. The highest BCUT2D eigenvalue weighted by molar-refractivity contribution is 6.06. The van der Waals surface area contributed by atoms with Gasteiger partial charge in [-0.15, -0.1) is 0 Å². The van der Waals surface area contributed by atoms with Crippen LogP contribution in [0.3, 0.4) is 0 Å². The third-order valence-electron chi connectivity index (χ3n) is 2.91. The fourth-order valence-electron chi connectivity index (χ4n) is 1.84. The van der Waals surface area contributed by atoms with E-state index in [1.807, 2.05) is 6.92 Å². The normalized spacial score (nSPS) is 10.1. The van der Waals surface area contributed by atoms with Crippen molar-refractivity contribution in [2.45, 2.75) is 13.8 Å². The van der Waals surface area contributed by atoms with Crippen molar-refractivity contribution in [2.75, 3.05) is 11.9 Å². The van der Waals surface area contributed by atoms with Crippen LogP contribution in [0.1, 0.15) is 22.8 Å². The number of hydrogen-bond acceptors (Lipinski definition) is 3. The maximum Gasteiger partial charge on any atom is 0.259 e. The molecule has 0 aliphatic heterocycles. The summed E-state index contributed by atoms with van der Waals surface area (Å²) < 4.78 is 5.33. The molecule has 0 spiro atoms. The van der Waals surface area contributed by atoms with E-state index in [2.05, 4.69) is 5.32 Å². The van der Waals surface area contributed by atoms with Gasteiger partial charge in [-0.25, -0.2) is 0 Å². The van der Waals surface area contributed by atoms with Gasteiger partial charge in [-0.3, -0.25) is 4.79 Å². The van der Waals surface area contributed by atoms with Crippen LogP contribution in [-0.2, 0) is 0 Å². The van der Waals surface area contributed by atoms with E-state index < -0.39 is 0 Å². The summed E-state index contributed by atoms with van der Waals surface area (Å²) in [5, 5.41) is 12.6. The standard InChI is InChI=1S/C16H17NO3/c1-3-20-13-9-7-12(8-10-13)17-16(19)14-6-4-5-11(2)15(14)18/h4-10,18H,3H2,1-2H3,(H,17,19). The topological polar surface area (TPSA) is 58.6 Å². The summed E-state index contributed by atoms with van der Waals surface area (Å²) in [5.74, 6) is 0.426. The number of phenolic OH excluding ortho intramolecular Hbond substituents is 1. The summed E-state index contributed by atoms with van der Waals surface area (Å²) in [4.78, 5) is 12.1. The van der Waals surface area contributed by atoms with Crippen molar-refractivity contribution in [3.05, 3.63) is 53.6 Å². The Bertz CT molecular complexity index is 606. The highest BCUT2D eigenvalue weighted by Crippen LogP contribution is 2.23. The van der Waals surface area contributed by atoms with E-state index >= 15 is 0 Å². The summed E-state index contributed by atoms with van der Waals surface area (Å²) in [6, 6.07) is 12.2. The molecule has 20 heavy (non-hydrogen) atoms. The molecule has 0 atom stereocenters. The van der Waals surface area contributed by atoms with Crippen molar-refractivity contribution in [3.8, 4) is 11.5 Å². The second-order valence-electron chi connectivity index (χ2n) is 4.38. The third-order valence-corrected chi connectivity index (χ3v) is 2.91. The van der Waals surface area contributed by atoms with Gasteiger partial charge in [0.2, 0.25) is 0 Å². The molecule has 0 aliphatic rings. The zero-order valence-corrected chi connectivity index (χ0v) is 11.5. The lowest BCUT2D eigenvalue weighted by Crippen LogP contribution is -2.12. The number of anilines is 1. The maximum absolute atomic E-state index is 12.1. The summed E-state index contributed by atoms with van der Waals surface area (Å²) >= 11 is 0. The number of rotatable bonds is 4. The number of nitrogens with one attached hydrogen (secondary N) is 1. The van der Waals surface area contributed by atoms with Crippen LogP contribution in [0.4, 0.5) is 5.69 Å². The van der Waals surface area contributed by atoms with Crippen molar-refractivity contribution in [1.82, 2.24) is 0 Å².